The molecule has 166 valence electrons. The molecule has 3 N–H and O–H groups in total. The molecule has 2 heterocycles. The second-order valence-corrected chi connectivity index (χ2v) is 8.68. The molecule has 0 radical (unpaired) electrons. The van der Waals surface area contributed by atoms with Crippen molar-refractivity contribution >= 4 is 23.4 Å². The first kappa shape index (κ1) is 21.7. The van der Waals surface area contributed by atoms with Crippen molar-refractivity contribution in [1.82, 2.24) is 25.0 Å². The molecular weight excluding hydrogens is 423 g/mol. The van der Waals surface area contributed by atoms with Crippen LogP contribution in [0.5, 0.6) is 0 Å². The molecule has 1 saturated heterocycles. The fourth-order valence-electron chi connectivity index (χ4n) is 4.54. The molecule has 0 bridgehead atoms. The number of likely N-dealkylation sites (tertiary alicyclic amines) is 1. The third kappa shape index (κ3) is 4.72. The number of amides is 2. The van der Waals surface area contributed by atoms with E-state index in [1.54, 1.807) is 29.2 Å². The lowest BCUT2D eigenvalue weighted by atomic mass is 9.97. The van der Waals surface area contributed by atoms with Crippen molar-refractivity contribution in [3.63, 3.8) is 0 Å². The van der Waals surface area contributed by atoms with E-state index in [2.05, 4.69) is 15.4 Å². The van der Waals surface area contributed by atoms with Crippen LogP contribution in [0.3, 0.4) is 0 Å². The molecule has 1 aliphatic carbocycles. The van der Waals surface area contributed by atoms with Crippen molar-refractivity contribution in [3.8, 4) is 5.69 Å². The monoisotopic (exact) mass is 448 g/mol. The Hall–Kier alpha value is -2.52. The lowest BCUT2D eigenvalue weighted by molar-refractivity contribution is -0.140. The van der Waals surface area contributed by atoms with Gasteiger partial charge in [0.25, 0.3) is 0 Å². The van der Waals surface area contributed by atoms with Crippen LogP contribution in [0.4, 0.5) is 4.39 Å². The maximum atomic E-state index is 14.2. The van der Waals surface area contributed by atoms with E-state index in [9.17, 15) is 14.0 Å². The minimum atomic E-state index is -1.24. The van der Waals surface area contributed by atoms with Crippen molar-refractivity contribution in [1.29, 1.82) is 0 Å². The molecule has 2 aliphatic rings. The lowest BCUT2D eigenvalue weighted by Gasteiger charge is -2.28. The summed E-state index contributed by atoms with van der Waals surface area (Å²) >= 11 is 6.13. The number of nitrogens with one attached hydrogen (secondary N) is 1. The SMILES string of the molecule is N[C@@H](C(=O)N1C[C@H](F)CC1C(=O)NCc1cc(Cl)ccc1-n1cncn1)C1CCCC1. The van der Waals surface area contributed by atoms with Crippen molar-refractivity contribution in [2.24, 2.45) is 11.7 Å². The van der Waals surface area contributed by atoms with E-state index in [1.165, 1.54) is 11.2 Å². The lowest BCUT2D eigenvalue weighted by Crippen LogP contribution is -2.53. The summed E-state index contributed by atoms with van der Waals surface area (Å²) in [5, 5.41) is 7.45. The first-order valence-corrected chi connectivity index (χ1v) is 10.9. The fraction of sp³-hybridized carbons (Fsp3) is 0.524. The predicted octanol–water partition coefficient (Wildman–Crippen LogP) is 1.99. The summed E-state index contributed by atoms with van der Waals surface area (Å²) in [6.45, 7) is 0.0530. The Morgan fingerprint density at radius 3 is 2.81 bits per heavy atom. The van der Waals surface area contributed by atoms with Gasteiger partial charge in [0.1, 0.15) is 24.9 Å². The average Bonchev–Trinajstić information content (AvgIpc) is 3.52. The van der Waals surface area contributed by atoms with Gasteiger partial charge < -0.3 is 16.0 Å². The van der Waals surface area contributed by atoms with Crippen LogP contribution in [0.15, 0.2) is 30.9 Å². The van der Waals surface area contributed by atoms with E-state index in [1.807, 2.05) is 0 Å². The zero-order chi connectivity index (χ0) is 22.0. The van der Waals surface area contributed by atoms with Gasteiger partial charge in [-0.3, -0.25) is 9.59 Å². The summed E-state index contributed by atoms with van der Waals surface area (Å²) in [5.41, 5.74) is 7.63. The second-order valence-electron chi connectivity index (χ2n) is 8.24. The zero-order valence-corrected chi connectivity index (χ0v) is 17.8. The van der Waals surface area contributed by atoms with E-state index in [0.29, 0.717) is 10.7 Å². The molecule has 2 amide bonds. The number of alkyl halides is 1. The highest BCUT2D eigenvalue weighted by atomic mass is 35.5. The van der Waals surface area contributed by atoms with Crippen molar-refractivity contribution in [2.75, 3.05) is 6.54 Å². The minimum Gasteiger partial charge on any atom is -0.350 e. The van der Waals surface area contributed by atoms with Gasteiger partial charge in [0.05, 0.1) is 18.3 Å². The Kier molecular flexibility index (Phi) is 6.52. The first-order chi connectivity index (χ1) is 14.9. The number of halogens is 2. The number of nitrogens with zero attached hydrogens (tertiary/aromatic N) is 4. The van der Waals surface area contributed by atoms with Gasteiger partial charge in [0.2, 0.25) is 11.8 Å². The summed E-state index contributed by atoms with van der Waals surface area (Å²) < 4.78 is 15.8. The molecule has 3 atom stereocenters. The standard InChI is InChI=1S/C21H26ClFN6O2/c22-15-5-6-17(29-12-25-11-27-29)14(7-15)9-26-20(30)18-8-16(23)10-28(18)21(31)19(24)13-3-1-2-4-13/h5-7,11-13,16,18-19H,1-4,8-10,24H2,(H,26,30)/t16-,18?,19-/m1/s1. The number of carbonyl (C=O) groups excluding carboxylic acids is 2. The maximum Gasteiger partial charge on any atom is 0.243 e. The summed E-state index contributed by atoms with van der Waals surface area (Å²) in [6, 6.07) is 3.67. The molecule has 1 saturated carbocycles. The third-order valence-electron chi connectivity index (χ3n) is 6.19. The van der Waals surface area contributed by atoms with E-state index in [0.717, 1.165) is 31.2 Å². The molecule has 4 rings (SSSR count). The molecule has 8 nitrogen and oxygen atoms in total. The maximum absolute atomic E-state index is 14.2. The van der Waals surface area contributed by atoms with Gasteiger partial charge in [-0.2, -0.15) is 5.10 Å². The summed E-state index contributed by atoms with van der Waals surface area (Å²) in [4.78, 5) is 31.1. The smallest absolute Gasteiger partial charge is 0.243 e. The van der Waals surface area contributed by atoms with Crippen molar-refractivity contribution in [2.45, 2.75) is 56.9 Å². The van der Waals surface area contributed by atoms with Gasteiger partial charge in [0, 0.05) is 18.0 Å². The molecule has 2 fully saturated rings. The van der Waals surface area contributed by atoms with E-state index in [-0.39, 0.29) is 31.3 Å². The highest BCUT2D eigenvalue weighted by Crippen LogP contribution is 2.30. The largest absolute Gasteiger partial charge is 0.350 e. The first-order valence-electron chi connectivity index (χ1n) is 10.6. The van der Waals surface area contributed by atoms with Gasteiger partial charge in [-0.05, 0) is 42.5 Å². The number of aromatic nitrogens is 3. The molecule has 1 aliphatic heterocycles. The molecule has 1 aromatic heterocycles. The normalized spacial score (nSPS) is 22.6. The average molecular weight is 449 g/mol. The van der Waals surface area contributed by atoms with E-state index < -0.39 is 24.2 Å². The number of nitrogens with two attached hydrogens (primary N) is 1. The van der Waals surface area contributed by atoms with Crippen LogP contribution in [-0.4, -0.2) is 56.3 Å². The van der Waals surface area contributed by atoms with Gasteiger partial charge in [0.15, 0.2) is 0 Å². The Labute approximate surface area is 184 Å². The number of hydrogen-bond donors (Lipinski definition) is 2. The minimum absolute atomic E-state index is 0.0273. The summed E-state index contributed by atoms with van der Waals surface area (Å²) in [7, 11) is 0. The molecule has 10 heteroatoms. The topological polar surface area (TPSA) is 106 Å². The van der Waals surface area contributed by atoms with Crippen LogP contribution in [0.25, 0.3) is 5.69 Å². The van der Waals surface area contributed by atoms with Crippen LogP contribution in [0.2, 0.25) is 5.02 Å². The number of rotatable bonds is 6. The quantitative estimate of drug-likeness (QED) is 0.703. The Bertz CT molecular complexity index is 934. The van der Waals surface area contributed by atoms with Crippen molar-refractivity contribution in [3.05, 3.63) is 41.4 Å². The molecule has 1 unspecified atom stereocenters. The molecule has 0 spiro atoms. The summed E-state index contributed by atoms with van der Waals surface area (Å²) in [5.74, 6) is -0.638. The van der Waals surface area contributed by atoms with Crippen LogP contribution < -0.4 is 11.1 Å². The van der Waals surface area contributed by atoms with Gasteiger partial charge >= 0.3 is 0 Å². The summed E-state index contributed by atoms with van der Waals surface area (Å²) in [6.07, 6.45) is 5.59. The number of hydrogen-bond acceptors (Lipinski definition) is 5. The Morgan fingerprint density at radius 1 is 1.32 bits per heavy atom. The van der Waals surface area contributed by atoms with Crippen LogP contribution in [0.1, 0.15) is 37.7 Å². The van der Waals surface area contributed by atoms with Gasteiger partial charge in [-0.1, -0.05) is 24.4 Å². The van der Waals surface area contributed by atoms with Crippen LogP contribution in [0, 0.1) is 5.92 Å². The third-order valence-corrected chi connectivity index (χ3v) is 6.42. The second kappa shape index (κ2) is 9.32. The van der Waals surface area contributed by atoms with E-state index in [4.69, 9.17) is 17.3 Å². The van der Waals surface area contributed by atoms with Gasteiger partial charge in [-0.25, -0.2) is 14.1 Å². The molecule has 31 heavy (non-hydrogen) atoms. The zero-order valence-electron chi connectivity index (χ0n) is 17.1. The number of benzene rings is 1. The predicted molar refractivity (Wildman–Crippen MR) is 113 cm³/mol. The van der Waals surface area contributed by atoms with Gasteiger partial charge in [-0.15, -0.1) is 0 Å². The highest BCUT2D eigenvalue weighted by molar-refractivity contribution is 6.30. The number of carbonyl (C=O) groups is 2. The highest BCUT2D eigenvalue weighted by Gasteiger charge is 2.42. The van der Waals surface area contributed by atoms with Crippen LogP contribution >= 0.6 is 11.6 Å². The van der Waals surface area contributed by atoms with Crippen molar-refractivity contribution < 1.29 is 14.0 Å². The molecule has 1 aromatic carbocycles. The van der Waals surface area contributed by atoms with E-state index >= 15 is 0 Å². The molecular formula is C21H26ClFN6O2. The van der Waals surface area contributed by atoms with Crippen LogP contribution in [-0.2, 0) is 16.1 Å². The molecule has 2 aromatic rings. The Balaban J connectivity index is 1.45. The fourth-order valence-corrected chi connectivity index (χ4v) is 4.73. The Morgan fingerprint density at radius 2 is 2.10 bits per heavy atom.